The molecule has 36 heavy (non-hydrogen) atoms. The number of hydrogen-bond donors (Lipinski definition) is 0. The highest BCUT2D eigenvalue weighted by molar-refractivity contribution is 7.92. The molecule has 11 heteroatoms. The van der Waals surface area contributed by atoms with Gasteiger partial charge in [0, 0.05) is 30.8 Å². The standard InChI is InChI=1S/C25H22N4O5S2/c1-3-16-27-22-15-12-20(29(31)32)17-23(22)35-25(27)26-24(30)18-10-13-21(14-11-18)36(33,34)28(4-2)19-8-6-5-7-9-19/h3,5-15,17H,1,4,16H2,2H3. The van der Waals surface area contributed by atoms with Crippen molar-refractivity contribution in [3.05, 3.63) is 106 Å². The summed E-state index contributed by atoms with van der Waals surface area (Å²) in [6.07, 6.45) is 1.64. The van der Waals surface area contributed by atoms with Crippen molar-refractivity contribution in [2.45, 2.75) is 18.4 Å². The van der Waals surface area contributed by atoms with Crippen molar-refractivity contribution in [3.8, 4) is 0 Å². The number of sulfonamides is 1. The van der Waals surface area contributed by atoms with E-state index >= 15 is 0 Å². The van der Waals surface area contributed by atoms with Crippen LogP contribution in [0.5, 0.6) is 0 Å². The SMILES string of the molecule is C=CCn1c(=NC(=O)c2ccc(S(=O)(=O)N(CC)c3ccccc3)cc2)sc2cc([N+](=O)[O-])ccc21. The topological polar surface area (TPSA) is 115 Å². The predicted octanol–water partition coefficient (Wildman–Crippen LogP) is 4.75. The number of nitro groups is 1. The number of fused-ring (bicyclic) bond motifs is 1. The third-order valence-corrected chi connectivity index (χ3v) is 8.36. The number of hydrogen-bond acceptors (Lipinski definition) is 6. The minimum absolute atomic E-state index is 0.0548. The van der Waals surface area contributed by atoms with Gasteiger partial charge < -0.3 is 4.57 Å². The molecule has 0 aliphatic carbocycles. The van der Waals surface area contributed by atoms with E-state index in [1.165, 1.54) is 40.7 Å². The van der Waals surface area contributed by atoms with Gasteiger partial charge >= 0.3 is 0 Å². The van der Waals surface area contributed by atoms with Crippen LogP contribution in [0.25, 0.3) is 10.2 Å². The average Bonchev–Trinajstić information content (AvgIpc) is 3.21. The Labute approximate surface area is 211 Å². The maximum absolute atomic E-state index is 13.2. The van der Waals surface area contributed by atoms with Gasteiger partial charge in [-0.1, -0.05) is 35.6 Å². The summed E-state index contributed by atoms with van der Waals surface area (Å²) in [5.41, 5.74) is 1.40. The second-order valence-corrected chi connectivity index (χ2v) is 10.5. The molecule has 0 aliphatic rings. The zero-order valence-corrected chi connectivity index (χ0v) is 20.9. The number of amides is 1. The second-order valence-electron chi connectivity index (χ2n) is 7.64. The molecule has 9 nitrogen and oxygen atoms in total. The van der Waals surface area contributed by atoms with E-state index in [1.54, 1.807) is 47.9 Å². The first kappa shape index (κ1) is 25.0. The number of aromatic nitrogens is 1. The molecule has 1 aromatic heterocycles. The Morgan fingerprint density at radius 2 is 1.83 bits per heavy atom. The number of carbonyl (C=O) groups is 1. The first-order valence-corrected chi connectivity index (χ1v) is 13.2. The van der Waals surface area contributed by atoms with Crippen LogP contribution < -0.4 is 9.11 Å². The van der Waals surface area contributed by atoms with Crippen molar-refractivity contribution in [1.29, 1.82) is 0 Å². The highest BCUT2D eigenvalue weighted by Crippen LogP contribution is 2.25. The van der Waals surface area contributed by atoms with E-state index in [4.69, 9.17) is 0 Å². The van der Waals surface area contributed by atoms with E-state index in [2.05, 4.69) is 11.6 Å². The van der Waals surface area contributed by atoms with E-state index in [1.807, 2.05) is 6.07 Å². The summed E-state index contributed by atoms with van der Waals surface area (Å²) in [5.74, 6) is -0.562. The Hall–Kier alpha value is -4.09. The van der Waals surface area contributed by atoms with Gasteiger partial charge in [-0.3, -0.25) is 19.2 Å². The van der Waals surface area contributed by atoms with Crippen LogP contribution in [0.1, 0.15) is 17.3 Å². The van der Waals surface area contributed by atoms with Crippen molar-refractivity contribution in [1.82, 2.24) is 4.57 Å². The van der Waals surface area contributed by atoms with E-state index in [9.17, 15) is 23.3 Å². The van der Waals surface area contributed by atoms with Gasteiger partial charge in [0.15, 0.2) is 4.80 Å². The summed E-state index contributed by atoms with van der Waals surface area (Å²) >= 11 is 1.15. The molecule has 4 aromatic rings. The van der Waals surface area contributed by atoms with Gasteiger partial charge in [-0.2, -0.15) is 4.99 Å². The lowest BCUT2D eigenvalue weighted by molar-refractivity contribution is -0.384. The Morgan fingerprint density at radius 3 is 2.44 bits per heavy atom. The van der Waals surface area contributed by atoms with Crippen molar-refractivity contribution in [2.24, 2.45) is 4.99 Å². The van der Waals surface area contributed by atoms with Gasteiger partial charge in [0.1, 0.15) is 0 Å². The second kappa shape index (κ2) is 10.3. The zero-order chi connectivity index (χ0) is 25.9. The summed E-state index contributed by atoms with van der Waals surface area (Å²) in [4.78, 5) is 28.2. The van der Waals surface area contributed by atoms with Crippen molar-refractivity contribution in [3.63, 3.8) is 0 Å². The summed E-state index contributed by atoms with van der Waals surface area (Å²) in [5, 5.41) is 11.1. The minimum atomic E-state index is -3.82. The fraction of sp³-hybridized carbons (Fsp3) is 0.120. The number of anilines is 1. The molecule has 0 aliphatic heterocycles. The van der Waals surface area contributed by atoms with Gasteiger partial charge in [0.05, 0.1) is 25.7 Å². The van der Waals surface area contributed by atoms with Crippen LogP contribution in [-0.2, 0) is 16.6 Å². The number of para-hydroxylation sites is 1. The number of thiazole rings is 1. The maximum atomic E-state index is 13.2. The number of allylic oxidation sites excluding steroid dienone is 1. The summed E-state index contributed by atoms with van der Waals surface area (Å²) in [6, 6.07) is 18.8. The Kier molecular flexibility index (Phi) is 7.13. The van der Waals surface area contributed by atoms with Gasteiger partial charge in [0.25, 0.3) is 21.6 Å². The predicted molar refractivity (Wildman–Crippen MR) is 140 cm³/mol. The molecule has 0 unspecified atom stereocenters. The number of nitro benzene ring substituents is 1. The van der Waals surface area contributed by atoms with Gasteiger partial charge in [0.2, 0.25) is 0 Å². The van der Waals surface area contributed by atoms with Crippen molar-refractivity contribution < 1.29 is 18.1 Å². The minimum Gasteiger partial charge on any atom is -0.312 e. The van der Waals surface area contributed by atoms with Crippen LogP contribution in [0.4, 0.5) is 11.4 Å². The van der Waals surface area contributed by atoms with Crippen molar-refractivity contribution in [2.75, 3.05) is 10.8 Å². The highest BCUT2D eigenvalue weighted by atomic mass is 32.2. The van der Waals surface area contributed by atoms with Gasteiger partial charge in [-0.15, -0.1) is 6.58 Å². The fourth-order valence-corrected chi connectivity index (χ4v) is 6.24. The maximum Gasteiger partial charge on any atom is 0.279 e. The van der Waals surface area contributed by atoms with Crippen LogP contribution in [0, 0.1) is 10.1 Å². The quantitative estimate of drug-likeness (QED) is 0.188. The number of carbonyl (C=O) groups excluding carboxylic acids is 1. The molecule has 0 spiro atoms. The summed E-state index contributed by atoms with van der Waals surface area (Å²) in [6.45, 7) is 6.08. The van der Waals surface area contributed by atoms with Gasteiger partial charge in [-0.05, 0) is 49.4 Å². The monoisotopic (exact) mass is 522 g/mol. The number of nitrogens with zero attached hydrogens (tertiary/aromatic N) is 4. The molecule has 1 heterocycles. The van der Waals surface area contributed by atoms with Gasteiger partial charge in [-0.25, -0.2) is 8.42 Å². The molecule has 4 rings (SSSR count). The number of benzene rings is 3. The van der Waals surface area contributed by atoms with E-state index in [0.717, 1.165) is 11.3 Å². The van der Waals surface area contributed by atoms with E-state index in [0.29, 0.717) is 27.3 Å². The Morgan fingerprint density at radius 1 is 1.14 bits per heavy atom. The molecule has 0 N–H and O–H groups in total. The van der Waals surface area contributed by atoms with Crippen LogP contribution in [0.2, 0.25) is 0 Å². The first-order chi connectivity index (χ1) is 17.3. The summed E-state index contributed by atoms with van der Waals surface area (Å²) in [7, 11) is -3.82. The lowest BCUT2D eigenvalue weighted by Gasteiger charge is -2.22. The van der Waals surface area contributed by atoms with Crippen LogP contribution >= 0.6 is 11.3 Å². The van der Waals surface area contributed by atoms with Crippen LogP contribution in [-0.4, -0.2) is 30.4 Å². The van der Waals surface area contributed by atoms with Crippen molar-refractivity contribution >= 4 is 48.9 Å². The molecule has 0 saturated heterocycles. The first-order valence-electron chi connectivity index (χ1n) is 10.9. The molecule has 0 radical (unpaired) electrons. The molecular weight excluding hydrogens is 500 g/mol. The van der Waals surface area contributed by atoms with Crippen LogP contribution in [0.3, 0.4) is 0 Å². The average molecular weight is 523 g/mol. The molecule has 1 amide bonds. The zero-order valence-electron chi connectivity index (χ0n) is 19.3. The third-order valence-electron chi connectivity index (χ3n) is 5.41. The fourth-order valence-electron chi connectivity index (χ4n) is 3.70. The molecule has 3 aromatic carbocycles. The molecule has 0 fully saturated rings. The third kappa shape index (κ3) is 4.83. The Bertz CT molecular complexity index is 1620. The molecule has 184 valence electrons. The lowest BCUT2D eigenvalue weighted by Crippen LogP contribution is -2.30. The normalized spacial score (nSPS) is 12.0. The Balaban J connectivity index is 1.68. The number of rotatable bonds is 8. The van der Waals surface area contributed by atoms with E-state index < -0.39 is 20.9 Å². The van der Waals surface area contributed by atoms with Crippen LogP contribution in [0.15, 0.2) is 95.3 Å². The molecule has 0 saturated carbocycles. The molecular formula is C25H22N4O5S2. The number of non-ortho nitro benzene ring substituents is 1. The largest absolute Gasteiger partial charge is 0.312 e. The molecule has 0 bridgehead atoms. The smallest absolute Gasteiger partial charge is 0.279 e. The van der Waals surface area contributed by atoms with E-state index in [-0.39, 0.29) is 22.7 Å². The molecule has 0 atom stereocenters. The highest BCUT2D eigenvalue weighted by Gasteiger charge is 2.23. The lowest BCUT2D eigenvalue weighted by atomic mass is 10.2. The summed E-state index contributed by atoms with van der Waals surface area (Å²) < 4.78 is 30.0.